The lowest BCUT2D eigenvalue weighted by atomic mass is 9.94. The molecular weight excluding hydrogens is 397 g/mol. The Morgan fingerprint density at radius 1 is 1.23 bits per heavy atom. The highest BCUT2D eigenvalue weighted by molar-refractivity contribution is 6.42. The van der Waals surface area contributed by atoms with E-state index >= 15 is 0 Å². The molecule has 2 heterocycles. The van der Waals surface area contributed by atoms with Crippen molar-refractivity contribution in [2.45, 2.75) is 38.3 Å². The van der Waals surface area contributed by atoms with Crippen LogP contribution in [0, 0.1) is 5.92 Å². The lowest BCUT2D eigenvalue weighted by Gasteiger charge is -2.32. The van der Waals surface area contributed by atoms with E-state index in [2.05, 4.69) is 17.6 Å². The summed E-state index contributed by atoms with van der Waals surface area (Å²) in [5.74, 6) is 0.198. The predicted molar refractivity (Wildman–Crippen MR) is 106 cm³/mol. The van der Waals surface area contributed by atoms with Crippen LogP contribution in [-0.2, 0) is 4.79 Å². The van der Waals surface area contributed by atoms with Crippen molar-refractivity contribution in [1.29, 1.82) is 0 Å². The zero-order valence-corrected chi connectivity index (χ0v) is 17.0. The summed E-state index contributed by atoms with van der Waals surface area (Å²) in [5.41, 5.74) is 0.460. The maximum Gasteiger partial charge on any atom is 0.254 e. The van der Waals surface area contributed by atoms with Crippen LogP contribution < -0.4 is 10.6 Å². The number of carbonyl (C=O) groups excluding carboxylic acids is 2. The molecule has 0 radical (unpaired) electrons. The Kier molecular flexibility index (Phi) is 7.59. The summed E-state index contributed by atoms with van der Waals surface area (Å²) in [7, 11) is 0. The van der Waals surface area contributed by atoms with Crippen molar-refractivity contribution < 1.29 is 9.59 Å². The molecule has 3 unspecified atom stereocenters. The van der Waals surface area contributed by atoms with E-state index in [0.717, 1.165) is 25.9 Å². The zero-order chi connectivity index (χ0) is 18.0. The largest absolute Gasteiger partial charge is 0.350 e. The van der Waals surface area contributed by atoms with Crippen molar-refractivity contribution >= 4 is 47.4 Å². The van der Waals surface area contributed by atoms with Crippen LogP contribution in [0.5, 0.6) is 0 Å². The summed E-state index contributed by atoms with van der Waals surface area (Å²) >= 11 is 11.9. The summed E-state index contributed by atoms with van der Waals surface area (Å²) in [4.78, 5) is 27.2. The quantitative estimate of drug-likeness (QED) is 0.790. The van der Waals surface area contributed by atoms with Crippen molar-refractivity contribution in [3.8, 4) is 0 Å². The summed E-state index contributed by atoms with van der Waals surface area (Å²) in [6.45, 7) is 4.49. The van der Waals surface area contributed by atoms with Gasteiger partial charge in [-0.25, -0.2) is 0 Å². The van der Waals surface area contributed by atoms with Crippen molar-refractivity contribution in [2.75, 3.05) is 19.6 Å². The van der Waals surface area contributed by atoms with E-state index in [4.69, 9.17) is 23.2 Å². The molecule has 2 aliphatic rings. The molecule has 0 bridgehead atoms. The van der Waals surface area contributed by atoms with Gasteiger partial charge in [0.1, 0.15) is 6.04 Å². The minimum atomic E-state index is -0.420. The molecule has 5 nitrogen and oxygen atoms in total. The van der Waals surface area contributed by atoms with Gasteiger partial charge in [0.2, 0.25) is 5.91 Å². The van der Waals surface area contributed by atoms with Crippen LogP contribution in [0.4, 0.5) is 0 Å². The molecule has 144 valence electrons. The lowest BCUT2D eigenvalue weighted by molar-refractivity contribution is -0.126. The van der Waals surface area contributed by atoms with Crippen LogP contribution in [0.3, 0.4) is 0 Å². The van der Waals surface area contributed by atoms with E-state index in [1.54, 1.807) is 23.1 Å². The first-order chi connectivity index (χ1) is 12.0. The van der Waals surface area contributed by atoms with Crippen LogP contribution in [0.1, 0.15) is 36.5 Å². The maximum atomic E-state index is 12.8. The van der Waals surface area contributed by atoms with E-state index in [0.29, 0.717) is 34.5 Å². The van der Waals surface area contributed by atoms with Gasteiger partial charge in [0, 0.05) is 24.7 Å². The van der Waals surface area contributed by atoms with Crippen LogP contribution in [0.2, 0.25) is 10.0 Å². The standard InChI is InChI=1S/C18H23Cl2N3O2.ClH/c1-11-6-7-21-10-15(11)22-17(24)16-3-2-8-23(16)18(25)12-4-5-13(19)14(20)9-12;/h4-5,9,11,15-16,21H,2-3,6-8,10H2,1H3,(H,22,24);1H. The second kappa shape index (κ2) is 9.27. The molecule has 2 amide bonds. The number of nitrogens with zero attached hydrogens (tertiary/aromatic N) is 1. The van der Waals surface area contributed by atoms with Crippen LogP contribution in [0.15, 0.2) is 18.2 Å². The monoisotopic (exact) mass is 419 g/mol. The minimum absolute atomic E-state index is 0. The first kappa shape index (κ1) is 21.3. The second-order valence-electron chi connectivity index (χ2n) is 6.87. The van der Waals surface area contributed by atoms with Crippen molar-refractivity contribution in [2.24, 2.45) is 5.92 Å². The zero-order valence-electron chi connectivity index (χ0n) is 14.6. The van der Waals surface area contributed by atoms with Gasteiger partial charge in [-0.15, -0.1) is 12.4 Å². The first-order valence-electron chi connectivity index (χ1n) is 8.74. The molecule has 2 fully saturated rings. The molecule has 3 rings (SSSR count). The number of benzene rings is 1. The summed E-state index contributed by atoms with van der Waals surface area (Å²) in [6, 6.07) is 4.51. The maximum absolute atomic E-state index is 12.8. The number of piperidine rings is 1. The summed E-state index contributed by atoms with van der Waals surface area (Å²) in [5, 5.41) is 7.19. The Labute approximate surface area is 170 Å². The van der Waals surface area contributed by atoms with E-state index in [1.807, 2.05) is 0 Å². The molecule has 2 aliphatic heterocycles. The third-order valence-corrected chi connectivity index (χ3v) is 5.88. The Bertz CT molecular complexity index is 671. The number of halogens is 3. The van der Waals surface area contributed by atoms with Gasteiger partial charge in [-0.2, -0.15) is 0 Å². The lowest BCUT2D eigenvalue weighted by Crippen LogP contribution is -2.55. The fourth-order valence-electron chi connectivity index (χ4n) is 3.54. The molecule has 1 aromatic carbocycles. The normalized spacial score (nSPS) is 25.5. The fourth-order valence-corrected chi connectivity index (χ4v) is 3.84. The topological polar surface area (TPSA) is 61.4 Å². The van der Waals surface area contributed by atoms with Gasteiger partial charge < -0.3 is 15.5 Å². The molecule has 0 spiro atoms. The highest BCUT2D eigenvalue weighted by Crippen LogP contribution is 2.26. The third-order valence-electron chi connectivity index (χ3n) is 5.14. The Hall–Kier alpha value is -1.01. The van der Waals surface area contributed by atoms with E-state index in [1.165, 1.54) is 0 Å². The van der Waals surface area contributed by atoms with Gasteiger partial charge in [-0.1, -0.05) is 30.1 Å². The Morgan fingerprint density at radius 2 is 2.00 bits per heavy atom. The summed E-state index contributed by atoms with van der Waals surface area (Å²) in [6.07, 6.45) is 2.55. The molecule has 8 heteroatoms. The van der Waals surface area contributed by atoms with Gasteiger partial charge in [-0.3, -0.25) is 9.59 Å². The average molecular weight is 421 g/mol. The molecule has 2 saturated heterocycles. The SMILES string of the molecule is CC1CCNCC1NC(=O)C1CCCN1C(=O)c1ccc(Cl)c(Cl)c1.Cl. The van der Waals surface area contributed by atoms with Crippen LogP contribution in [0.25, 0.3) is 0 Å². The minimum Gasteiger partial charge on any atom is -0.350 e. The first-order valence-corrected chi connectivity index (χ1v) is 9.50. The van der Waals surface area contributed by atoms with Gasteiger partial charge >= 0.3 is 0 Å². The molecule has 1 aromatic rings. The molecule has 0 aliphatic carbocycles. The number of nitrogens with one attached hydrogen (secondary N) is 2. The van der Waals surface area contributed by atoms with Gasteiger partial charge in [0.15, 0.2) is 0 Å². The summed E-state index contributed by atoms with van der Waals surface area (Å²) < 4.78 is 0. The highest BCUT2D eigenvalue weighted by atomic mass is 35.5. The second-order valence-corrected chi connectivity index (χ2v) is 7.69. The highest BCUT2D eigenvalue weighted by Gasteiger charge is 2.36. The molecule has 0 saturated carbocycles. The van der Waals surface area contributed by atoms with Gasteiger partial charge in [0.25, 0.3) is 5.91 Å². The van der Waals surface area contributed by atoms with Gasteiger partial charge in [0.05, 0.1) is 10.0 Å². The van der Waals surface area contributed by atoms with E-state index < -0.39 is 6.04 Å². The number of hydrogen-bond acceptors (Lipinski definition) is 3. The van der Waals surface area contributed by atoms with Crippen LogP contribution >= 0.6 is 35.6 Å². The van der Waals surface area contributed by atoms with Crippen LogP contribution in [-0.4, -0.2) is 48.4 Å². The average Bonchev–Trinajstić information content (AvgIpc) is 3.08. The van der Waals surface area contributed by atoms with Crippen molar-refractivity contribution in [1.82, 2.24) is 15.5 Å². The van der Waals surface area contributed by atoms with Crippen molar-refractivity contribution in [3.63, 3.8) is 0 Å². The molecule has 26 heavy (non-hydrogen) atoms. The molecule has 0 aromatic heterocycles. The van der Waals surface area contributed by atoms with E-state index in [9.17, 15) is 9.59 Å². The number of amides is 2. The Morgan fingerprint density at radius 3 is 2.69 bits per heavy atom. The number of rotatable bonds is 3. The fraction of sp³-hybridized carbons (Fsp3) is 0.556. The molecular formula is C18H24Cl3N3O2. The van der Waals surface area contributed by atoms with Gasteiger partial charge in [-0.05, 0) is 49.9 Å². The Balaban J connectivity index is 0.00000243. The molecule has 3 atom stereocenters. The van der Waals surface area contributed by atoms with E-state index in [-0.39, 0.29) is 30.3 Å². The number of carbonyl (C=O) groups is 2. The number of hydrogen-bond donors (Lipinski definition) is 2. The smallest absolute Gasteiger partial charge is 0.254 e. The van der Waals surface area contributed by atoms with Crippen molar-refractivity contribution in [3.05, 3.63) is 33.8 Å². The predicted octanol–water partition coefficient (Wildman–Crippen LogP) is 3.13. The third kappa shape index (κ3) is 4.63. The molecule has 2 N–H and O–H groups in total. The number of likely N-dealkylation sites (tertiary alicyclic amines) is 1.